The maximum Gasteiger partial charge on any atom is 0.239 e. The number of hydrogen-bond acceptors (Lipinski definition) is 8. The lowest BCUT2D eigenvalue weighted by Crippen LogP contribution is -2.41. The number of fused-ring (bicyclic) bond motifs is 2. The summed E-state index contributed by atoms with van der Waals surface area (Å²) in [7, 11) is 2.04. The summed E-state index contributed by atoms with van der Waals surface area (Å²) < 4.78 is 9.81. The Morgan fingerprint density at radius 2 is 1.81 bits per heavy atom. The Labute approximate surface area is 216 Å². The van der Waals surface area contributed by atoms with Crippen LogP contribution in [0.5, 0.6) is 0 Å². The number of imidazole rings is 2. The summed E-state index contributed by atoms with van der Waals surface area (Å²) in [5.74, 6) is 3.38. The molecule has 2 aliphatic heterocycles. The summed E-state index contributed by atoms with van der Waals surface area (Å²) >= 11 is 0. The largest absolute Gasteiger partial charge is 0.390 e. The highest BCUT2D eigenvalue weighted by molar-refractivity contribution is 5.86. The fraction of sp³-hybridized carbons (Fsp3) is 0.556. The predicted molar refractivity (Wildman–Crippen MR) is 143 cm³/mol. The average molecular weight is 505 g/mol. The van der Waals surface area contributed by atoms with E-state index in [0.717, 1.165) is 104 Å². The van der Waals surface area contributed by atoms with Crippen molar-refractivity contribution in [3.8, 4) is 5.95 Å². The minimum atomic E-state index is -0.569. The Morgan fingerprint density at radius 1 is 1.03 bits per heavy atom. The van der Waals surface area contributed by atoms with Gasteiger partial charge in [0.15, 0.2) is 17.0 Å². The zero-order valence-corrected chi connectivity index (χ0v) is 21.8. The SMILES string of the molecule is CCc1nc2ccccc2n1-c1nc(N2CCOCC2)c2nc(CCCC3(O)CCNCC3)n(C)c2n1. The van der Waals surface area contributed by atoms with Crippen molar-refractivity contribution < 1.29 is 9.84 Å². The minimum Gasteiger partial charge on any atom is -0.390 e. The number of nitrogens with one attached hydrogen (secondary N) is 1. The molecule has 0 aliphatic carbocycles. The van der Waals surface area contributed by atoms with Crippen LogP contribution < -0.4 is 10.2 Å². The molecule has 2 fully saturated rings. The van der Waals surface area contributed by atoms with E-state index in [0.29, 0.717) is 19.2 Å². The van der Waals surface area contributed by atoms with Gasteiger partial charge in [-0.1, -0.05) is 19.1 Å². The molecule has 37 heavy (non-hydrogen) atoms. The van der Waals surface area contributed by atoms with E-state index in [9.17, 15) is 5.11 Å². The van der Waals surface area contributed by atoms with Crippen molar-refractivity contribution >= 4 is 28.0 Å². The van der Waals surface area contributed by atoms with E-state index in [2.05, 4.69) is 32.3 Å². The highest BCUT2D eigenvalue weighted by atomic mass is 16.5. The highest BCUT2D eigenvalue weighted by Gasteiger charge is 2.29. The number of benzene rings is 1. The van der Waals surface area contributed by atoms with Crippen molar-refractivity contribution in [2.45, 2.75) is 51.0 Å². The second-order valence-electron chi connectivity index (χ2n) is 10.2. The Morgan fingerprint density at radius 3 is 2.59 bits per heavy atom. The van der Waals surface area contributed by atoms with E-state index in [-0.39, 0.29) is 0 Å². The van der Waals surface area contributed by atoms with Gasteiger partial charge in [0.2, 0.25) is 5.95 Å². The van der Waals surface area contributed by atoms with E-state index in [1.165, 1.54) is 0 Å². The van der Waals surface area contributed by atoms with Gasteiger partial charge in [0, 0.05) is 33.0 Å². The van der Waals surface area contributed by atoms with Crippen LogP contribution in [0.3, 0.4) is 0 Å². The van der Waals surface area contributed by atoms with E-state index >= 15 is 0 Å². The summed E-state index contributed by atoms with van der Waals surface area (Å²) in [6.07, 6.45) is 4.85. The number of aliphatic hydroxyl groups is 1. The molecular formula is C27H36N8O2. The van der Waals surface area contributed by atoms with Crippen LogP contribution in [0.4, 0.5) is 5.82 Å². The third kappa shape index (κ3) is 4.58. The summed E-state index contributed by atoms with van der Waals surface area (Å²) in [6, 6.07) is 8.14. The number of aromatic nitrogens is 6. The molecule has 2 saturated heterocycles. The summed E-state index contributed by atoms with van der Waals surface area (Å²) in [6.45, 7) is 6.75. The Bertz CT molecular complexity index is 1400. The minimum absolute atomic E-state index is 0.569. The lowest BCUT2D eigenvalue weighted by Gasteiger charge is -2.32. The lowest BCUT2D eigenvalue weighted by molar-refractivity contribution is 0.000796. The molecule has 0 saturated carbocycles. The topological polar surface area (TPSA) is 106 Å². The zero-order chi connectivity index (χ0) is 25.4. The van der Waals surface area contributed by atoms with Crippen molar-refractivity contribution in [1.29, 1.82) is 0 Å². The molecule has 0 radical (unpaired) electrons. The van der Waals surface area contributed by atoms with Gasteiger partial charge in [-0.15, -0.1) is 0 Å². The first-order valence-corrected chi connectivity index (χ1v) is 13.5. The standard InChI is InChI=1S/C27H36N8O2/c1-3-21-29-19-7-4-5-8-20(19)35(21)26-31-24-23(25(32-26)34-15-17-37-18-16-34)30-22(33(24)2)9-6-10-27(36)11-13-28-14-12-27/h4-5,7-8,28,36H,3,6,9-18H2,1-2H3. The van der Waals surface area contributed by atoms with E-state index < -0.39 is 5.60 Å². The van der Waals surface area contributed by atoms with Gasteiger partial charge in [-0.2, -0.15) is 9.97 Å². The average Bonchev–Trinajstić information content (AvgIpc) is 3.46. The molecule has 0 spiro atoms. The molecule has 0 amide bonds. The van der Waals surface area contributed by atoms with Crippen LogP contribution in [0.15, 0.2) is 24.3 Å². The summed E-state index contributed by atoms with van der Waals surface area (Å²) in [5.41, 5.74) is 3.02. The van der Waals surface area contributed by atoms with Gasteiger partial charge in [0.25, 0.3) is 0 Å². The van der Waals surface area contributed by atoms with Crippen LogP contribution >= 0.6 is 0 Å². The molecule has 4 aromatic rings. The molecule has 2 aliphatic rings. The molecule has 2 N–H and O–H groups in total. The third-order valence-electron chi connectivity index (χ3n) is 7.82. The van der Waals surface area contributed by atoms with Crippen molar-refractivity contribution in [2.75, 3.05) is 44.3 Å². The quantitative estimate of drug-likeness (QED) is 0.396. The van der Waals surface area contributed by atoms with Crippen molar-refractivity contribution in [1.82, 2.24) is 34.4 Å². The first-order chi connectivity index (χ1) is 18.1. The number of piperidine rings is 1. The normalized spacial score (nSPS) is 18.2. The Balaban J connectivity index is 1.41. The summed E-state index contributed by atoms with van der Waals surface area (Å²) in [5, 5.41) is 14.3. The predicted octanol–water partition coefficient (Wildman–Crippen LogP) is 2.54. The van der Waals surface area contributed by atoms with Gasteiger partial charge < -0.3 is 24.6 Å². The molecule has 3 aromatic heterocycles. The fourth-order valence-electron chi connectivity index (χ4n) is 5.65. The van der Waals surface area contributed by atoms with Crippen molar-refractivity contribution in [3.05, 3.63) is 35.9 Å². The molecular weight excluding hydrogens is 468 g/mol. The lowest BCUT2D eigenvalue weighted by atomic mass is 9.87. The van der Waals surface area contributed by atoms with Crippen molar-refractivity contribution in [2.24, 2.45) is 7.05 Å². The molecule has 10 heteroatoms. The number of hydrogen-bond donors (Lipinski definition) is 2. The van der Waals surface area contributed by atoms with E-state index in [1.807, 2.05) is 25.2 Å². The summed E-state index contributed by atoms with van der Waals surface area (Å²) in [4.78, 5) is 22.3. The van der Waals surface area contributed by atoms with Gasteiger partial charge in [-0.3, -0.25) is 4.57 Å². The molecule has 6 rings (SSSR count). The number of nitrogens with zero attached hydrogens (tertiary/aromatic N) is 7. The van der Waals surface area contributed by atoms with Gasteiger partial charge >= 0.3 is 0 Å². The number of anilines is 1. The molecule has 10 nitrogen and oxygen atoms in total. The maximum absolute atomic E-state index is 10.9. The Kier molecular flexibility index (Phi) is 6.56. The molecule has 0 bridgehead atoms. The van der Waals surface area contributed by atoms with Gasteiger partial charge in [0.1, 0.15) is 11.6 Å². The molecule has 0 unspecified atom stereocenters. The number of aryl methyl sites for hydroxylation is 3. The first-order valence-electron chi connectivity index (χ1n) is 13.5. The number of para-hydroxylation sites is 2. The molecule has 196 valence electrons. The maximum atomic E-state index is 10.9. The van der Waals surface area contributed by atoms with Gasteiger partial charge in [0.05, 0.1) is 29.8 Å². The number of ether oxygens (including phenoxy) is 1. The van der Waals surface area contributed by atoms with E-state index in [4.69, 9.17) is 24.7 Å². The third-order valence-corrected chi connectivity index (χ3v) is 7.82. The van der Waals surface area contributed by atoms with Crippen LogP contribution in [0.25, 0.3) is 28.1 Å². The molecule has 5 heterocycles. The second kappa shape index (κ2) is 10.00. The van der Waals surface area contributed by atoms with Crippen LogP contribution in [0, 0.1) is 0 Å². The zero-order valence-electron chi connectivity index (χ0n) is 21.8. The second-order valence-corrected chi connectivity index (χ2v) is 10.2. The molecule has 0 atom stereocenters. The van der Waals surface area contributed by atoms with E-state index in [1.54, 1.807) is 0 Å². The van der Waals surface area contributed by atoms with Crippen LogP contribution in [-0.4, -0.2) is 79.2 Å². The number of rotatable bonds is 7. The van der Waals surface area contributed by atoms with Gasteiger partial charge in [-0.05, 0) is 50.9 Å². The van der Waals surface area contributed by atoms with Gasteiger partial charge in [-0.25, -0.2) is 9.97 Å². The monoisotopic (exact) mass is 504 g/mol. The highest BCUT2D eigenvalue weighted by Crippen LogP contribution is 2.30. The molecule has 1 aromatic carbocycles. The fourth-order valence-corrected chi connectivity index (χ4v) is 5.65. The smallest absolute Gasteiger partial charge is 0.239 e. The first kappa shape index (κ1) is 24.3. The van der Waals surface area contributed by atoms with Crippen LogP contribution in [0.1, 0.15) is 44.3 Å². The Hall–Kier alpha value is -3.08. The number of morpholine rings is 1. The van der Waals surface area contributed by atoms with Crippen LogP contribution in [-0.2, 0) is 24.6 Å². The van der Waals surface area contributed by atoms with Crippen LogP contribution in [0.2, 0.25) is 0 Å². The van der Waals surface area contributed by atoms with Crippen molar-refractivity contribution in [3.63, 3.8) is 0 Å².